The molecular weight excluding hydrogens is 376 g/mol. The average molecular weight is 395 g/mol. The molecule has 122 valence electrons. The zero-order valence-corrected chi connectivity index (χ0v) is 15.7. The van der Waals surface area contributed by atoms with Gasteiger partial charge in [-0.25, -0.2) is 4.99 Å². The Bertz CT molecular complexity index is 715. The number of hydrogen-bond donors (Lipinski definition) is 0. The maximum absolute atomic E-state index is 13.2. The van der Waals surface area contributed by atoms with Crippen LogP contribution in [0.5, 0.6) is 5.75 Å². The number of halogens is 1. The quantitative estimate of drug-likeness (QED) is 0.669. The fourth-order valence-corrected chi connectivity index (χ4v) is 5.13. The molecule has 2 aliphatic heterocycles. The highest BCUT2D eigenvalue weighted by molar-refractivity contribution is 9.10. The van der Waals surface area contributed by atoms with E-state index in [9.17, 15) is 4.79 Å². The van der Waals surface area contributed by atoms with Gasteiger partial charge in [0, 0.05) is 23.5 Å². The van der Waals surface area contributed by atoms with E-state index < -0.39 is 5.54 Å². The molecule has 2 heterocycles. The van der Waals surface area contributed by atoms with Crippen LogP contribution in [-0.4, -0.2) is 34.9 Å². The third-order valence-corrected chi connectivity index (χ3v) is 6.44. The fourth-order valence-electron chi connectivity index (χ4n) is 4.17. The molecular formula is C17H19BrN2O2S. The van der Waals surface area contributed by atoms with Crippen molar-refractivity contribution in [1.82, 2.24) is 4.90 Å². The van der Waals surface area contributed by atoms with Gasteiger partial charge in [0.2, 0.25) is 0 Å². The van der Waals surface area contributed by atoms with Crippen molar-refractivity contribution in [3.05, 3.63) is 28.2 Å². The Labute approximate surface area is 148 Å². The predicted octanol–water partition coefficient (Wildman–Crippen LogP) is 3.93. The Kier molecular flexibility index (Phi) is 3.54. The third-order valence-electron chi connectivity index (χ3n) is 5.22. The molecule has 1 aromatic rings. The number of aliphatic imine (C=N–C) groups is 1. The Morgan fingerprint density at radius 2 is 2.09 bits per heavy atom. The second-order valence-corrected chi connectivity index (χ2v) is 8.32. The zero-order chi connectivity index (χ0) is 16.2. The number of carbonyl (C=O) groups excluding carboxylic acids is 1. The molecule has 1 aliphatic carbocycles. The van der Waals surface area contributed by atoms with Gasteiger partial charge in [0.1, 0.15) is 11.4 Å². The van der Waals surface area contributed by atoms with E-state index in [0.717, 1.165) is 46.6 Å². The summed E-state index contributed by atoms with van der Waals surface area (Å²) >= 11 is 5.05. The summed E-state index contributed by atoms with van der Waals surface area (Å²) in [7, 11) is 1.82. The molecule has 1 fully saturated rings. The number of likely N-dealkylation sites (N-methyl/N-ethyl adjacent to an activating group) is 1. The first-order chi connectivity index (χ1) is 11.0. The van der Waals surface area contributed by atoms with Crippen LogP contribution >= 0.6 is 27.7 Å². The SMILES string of the molecule is CSC1=NC2(CC3(CCCC3)Oc3ccc(Br)cc32)C(=O)N1C. The zero-order valence-electron chi connectivity index (χ0n) is 13.3. The number of fused-ring (bicyclic) bond motifs is 2. The average Bonchev–Trinajstić information content (AvgIpc) is 3.07. The van der Waals surface area contributed by atoms with Gasteiger partial charge in [-0.1, -0.05) is 27.7 Å². The monoisotopic (exact) mass is 394 g/mol. The van der Waals surface area contributed by atoms with Gasteiger partial charge in [0.05, 0.1) is 0 Å². The van der Waals surface area contributed by atoms with Crippen LogP contribution in [0.4, 0.5) is 0 Å². The number of ether oxygens (including phenoxy) is 1. The third kappa shape index (κ3) is 2.18. The lowest BCUT2D eigenvalue weighted by atomic mass is 9.75. The van der Waals surface area contributed by atoms with Crippen molar-refractivity contribution in [3.63, 3.8) is 0 Å². The number of amidine groups is 1. The van der Waals surface area contributed by atoms with Gasteiger partial charge in [0.15, 0.2) is 10.7 Å². The summed E-state index contributed by atoms with van der Waals surface area (Å²) in [4.78, 5) is 19.8. The molecule has 1 saturated carbocycles. The van der Waals surface area contributed by atoms with Gasteiger partial charge in [-0.05, 0) is 50.1 Å². The summed E-state index contributed by atoms with van der Waals surface area (Å²) in [6.07, 6.45) is 6.94. The van der Waals surface area contributed by atoms with E-state index in [1.807, 2.05) is 31.5 Å². The minimum Gasteiger partial charge on any atom is -0.487 e. The highest BCUT2D eigenvalue weighted by Crippen LogP contribution is 2.54. The lowest BCUT2D eigenvalue weighted by molar-refractivity contribution is -0.134. The number of carbonyl (C=O) groups is 1. The Balaban J connectivity index is 1.93. The summed E-state index contributed by atoms with van der Waals surface area (Å²) in [5.74, 6) is 0.880. The van der Waals surface area contributed by atoms with Crippen molar-refractivity contribution in [2.75, 3.05) is 13.3 Å². The Morgan fingerprint density at radius 3 is 2.74 bits per heavy atom. The van der Waals surface area contributed by atoms with Crippen molar-refractivity contribution in [1.29, 1.82) is 0 Å². The number of thioether (sulfide) groups is 1. The molecule has 0 aromatic heterocycles. The molecule has 2 spiro atoms. The minimum absolute atomic E-state index is 0.0655. The molecule has 1 aromatic carbocycles. The standard InChI is InChI=1S/C17H19BrN2O2S/c1-20-14(21)17(19-15(20)23-2)10-16(7-3-4-8-16)22-13-6-5-11(18)9-12(13)17/h5-6,9H,3-4,7-8,10H2,1-2H3. The number of amides is 1. The van der Waals surface area contributed by atoms with Crippen LogP contribution in [0, 0.1) is 0 Å². The first kappa shape index (κ1) is 15.5. The van der Waals surface area contributed by atoms with E-state index in [2.05, 4.69) is 15.9 Å². The van der Waals surface area contributed by atoms with Crippen molar-refractivity contribution in [2.24, 2.45) is 4.99 Å². The molecule has 0 N–H and O–H groups in total. The highest BCUT2D eigenvalue weighted by Gasteiger charge is 2.58. The van der Waals surface area contributed by atoms with Gasteiger partial charge in [-0.2, -0.15) is 0 Å². The minimum atomic E-state index is -0.825. The second-order valence-electron chi connectivity index (χ2n) is 6.63. The summed E-state index contributed by atoms with van der Waals surface area (Å²) < 4.78 is 7.36. The number of rotatable bonds is 0. The first-order valence-electron chi connectivity index (χ1n) is 7.91. The van der Waals surface area contributed by atoms with Crippen LogP contribution in [0.25, 0.3) is 0 Å². The number of hydrogen-bond acceptors (Lipinski definition) is 4. The van der Waals surface area contributed by atoms with E-state index in [4.69, 9.17) is 9.73 Å². The molecule has 3 aliphatic rings. The topological polar surface area (TPSA) is 41.9 Å². The molecule has 0 bridgehead atoms. The smallest absolute Gasteiger partial charge is 0.261 e. The molecule has 4 rings (SSSR count). The number of nitrogens with zero attached hydrogens (tertiary/aromatic N) is 2. The van der Waals surface area contributed by atoms with Crippen LogP contribution in [0.2, 0.25) is 0 Å². The van der Waals surface area contributed by atoms with Crippen molar-refractivity contribution in [3.8, 4) is 5.75 Å². The Morgan fingerprint density at radius 1 is 1.35 bits per heavy atom. The maximum atomic E-state index is 13.2. The van der Waals surface area contributed by atoms with E-state index in [0.29, 0.717) is 6.42 Å². The van der Waals surface area contributed by atoms with E-state index >= 15 is 0 Å². The van der Waals surface area contributed by atoms with Crippen molar-refractivity contribution in [2.45, 2.75) is 43.2 Å². The summed E-state index contributed by atoms with van der Waals surface area (Å²) in [5.41, 5.74) is -0.172. The first-order valence-corrected chi connectivity index (χ1v) is 9.93. The molecule has 1 amide bonds. The lowest BCUT2D eigenvalue weighted by Gasteiger charge is -2.43. The molecule has 1 unspecified atom stereocenters. The van der Waals surface area contributed by atoms with Crippen LogP contribution < -0.4 is 4.74 Å². The van der Waals surface area contributed by atoms with Gasteiger partial charge < -0.3 is 4.74 Å². The lowest BCUT2D eigenvalue weighted by Crippen LogP contribution is -2.50. The molecule has 4 nitrogen and oxygen atoms in total. The molecule has 6 heteroatoms. The van der Waals surface area contributed by atoms with E-state index in [1.54, 1.807) is 4.90 Å². The van der Waals surface area contributed by atoms with Crippen LogP contribution in [0.1, 0.15) is 37.7 Å². The van der Waals surface area contributed by atoms with Crippen LogP contribution in [-0.2, 0) is 10.3 Å². The second kappa shape index (κ2) is 5.24. The molecule has 23 heavy (non-hydrogen) atoms. The van der Waals surface area contributed by atoms with Crippen molar-refractivity contribution < 1.29 is 9.53 Å². The summed E-state index contributed by atoms with van der Waals surface area (Å²) in [6.45, 7) is 0. The fraction of sp³-hybridized carbons (Fsp3) is 0.529. The van der Waals surface area contributed by atoms with Crippen LogP contribution in [0.3, 0.4) is 0 Å². The van der Waals surface area contributed by atoms with E-state index in [1.165, 1.54) is 11.8 Å². The highest BCUT2D eigenvalue weighted by atomic mass is 79.9. The molecule has 1 atom stereocenters. The summed E-state index contributed by atoms with van der Waals surface area (Å²) in [6, 6.07) is 5.94. The normalized spacial score (nSPS) is 28.2. The molecule has 0 radical (unpaired) electrons. The van der Waals surface area contributed by atoms with E-state index in [-0.39, 0.29) is 11.5 Å². The number of benzene rings is 1. The largest absolute Gasteiger partial charge is 0.487 e. The van der Waals surface area contributed by atoms with Crippen molar-refractivity contribution >= 4 is 38.8 Å². The van der Waals surface area contributed by atoms with Gasteiger partial charge >= 0.3 is 0 Å². The summed E-state index contributed by atoms with van der Waals surface area (Å²) in [5, 5.41) is 0.788. The van der Waals surface area contributed by atoms with Gasteiger partial charge in [-0.3, -0.25) is 9.69 Å². The van der Waals surface area contributed by atoms with Gasteiger partial charge in [0.25, 0.3) is 5.91 Å². The Hall–Kier alpha value is -1.01. The maximum Gasteiger partial charge on any atom is 0.261 e. The van der Waals surface area contributed by atoms with Crippen LogP contribution in [0.15, 0.2) is 27.7 Å². The van der Waals surface area contributed by atoms with Gasteiger partial charge in [-0.15, -0.1) is 0 Å². The molecule has 0 saturated heterocycles. The predicted molar refractivity (Wildman–Crippen MR) is 96.0 cm³/mol.